The van der Waals surface area contributed by atoms with Crippen molar-refractivity contribution in [3.8, 4) is 0 Å². The van der Waals surface area contributed by atoms with E-state index in [0.29, 0.717) is 13.2 Å². The van der Waals surface area contributed by atoms with Crippen molar-refractivity contribution in [3.63, 3.8) is 0 Å². The van der Waals surface area contributed by atoms with Crippen LogP contribution in [-0.4, -0.2) is 42.6 Å². The van der Waals surface area contributed by atoms with Crippen LogP contribution in [-0.2, 0) is 16.1 Å². The van der Waals surface area contributed by atoms with Crippen LogP contribution < -0.4 is 5.32 Å². The van der Waals surface area contributed by atoms with E-state index >= 15 is 0 Å². The van der Waals surface area contributed by atoms with Crippen LogP contribution in [0.15, 0.2) is 24.3 Å². The van der Waals surface area contributed by atoms with Gasteiger partial charge in [-0.3, -0.25) is 4.79 Å². The SMILES string of the molecule is Cc1ccc(CN2C(=O)COCC23CCCNC3)cc1. The first kappa shape index (κ1) is 13.6. The van der Waals surface area contributed by atoms with Gasteiger partial charge in [-0.05, 0) is 31.9 Å². The zero-order valence-corrected chi connectivity index (χ0v) is 12.0. The Morgan fingerprint density at radius 1 is 1.35 bits per heavy atom. The number of rotatable bonds is 2. The van der Waals surface area contributed by atoms with Gasteiger partial charge in [-0.25, -0.2) is 0 Å². The first-order valence-electron chi connectivity index (χ1n) is 7.34. The number of aryl methyl sites for hydroxylation is 1. The summed E-state index contributed by atoms with van der Waals surface area (Å²) in [6, 6.07) is 8.43. The van der Waals surface area contributed by atoms with Crippen molar-refractivity contribution in [3.05, 3.63) is 35.4 Å². The monoisotopic (exact) mass is 274 g/mol. The summed E-state index contributed by atoms with van der Waals surface area (Å²) in [5.74, 6) is 0.112. The normalized spacial score (nSPS) is 27.1. The van der Waals surface area contributed by atoms with E-state index in [0.717, 1.165) is 25.9 Å². The van der Waals surface area contributed by atoms with E-state index in [4.69, 9.17) is 4.74 Å². The Bertz CT molecular complexity index is 472. The number of amides is 1. The van der Waals surface area contributed by atoms with E-state index < -0.39 is 0 Å². The van der Waals surface area contributed by atoms with E-state index in [-0.39, 0.29) is 18.1 Å². The molecule has 2 aliphatic rings. The van der Waals surface area contributed by atoms with Gasteiger partial charge in [0.15, 0.2) is 0 Å². The van der Waals surface area contributed by atoms with E-state index in [1.165, 1.54) is 11.1 Å². The summed E-state index contributed by atoms with van der Waals surface area (Å²) in [6.07, 6.45) is 2.12. The molecule has 0 saturated carbocycles. The molecule has 108 valence electrons. The van der Waals surface area contributed by atoms with Crippen LogP contribution >= 0.6 is 0 Å². The third kappa shape index (κ3) is 2.58. The zero-order valence-electron chi connectivity index (χ0n) is 12.0. The van der Waals surface area contributed by atoms with Crippen molar-refractivity contribution in [2.24, 2.45) is 0 Å². The quantitative estimate of drug-likeness (QED) is 0.888. The molecule has 4 nitrogen and oxygen atoms in total. The maximum atomic E-state index is 12.3. The summed E-state index contributed by atoms with van der Waals surface area (Å²) >= 11 is 0. The molecule has 0 bridgehead atoms. The number of carbonyl (C=O) groups is 1. The zero-order chi connectivity index (χ0) is 14.0. The van der Waals surface area contributed by atoms with Crippen LogP contribution in [0, 0.1) is 6.92 Å². The fraction of sp³-hybridized carbons (Fsp3) is 0.562. The average Bonchev–Trinajstić information content (AvgIpc) is 2.46. The second-order valence-corrected chi connectivity index (χ2v) is 5.96. The Morgan fingerprint density at radius 2 is 2.15 bits per heavy atom. The number of hydrogen-bond donors (Lipinski definition) is 1. The lowest BCUT2D eigenvalue weighted by atomic mass is 9.87. The predicted octanol–water partition coefficient (Wildman–Crippen LogP) is 1.48. The molecule has 2 fully saturated rings. The van der Waals surface area contributed by atoms with E-state index in [9.17, 15) is 4.79 Å². The summed E-state index contributed by atoms with van der Waals surface area (Å²) in [5, 5.41) is 3.42. The summed E-state index contributed by atoms with van der Waals surface area (Å²) < 4.78 is 5.53. The maximum Gasteiger partial charge on any atom is 0.249 e. The number of carbonyl (C=O) groups excluding carboxylic acids is 1. The molecule has 2 heterocycles. The minimum absolute atomic E-state index is 0.112. The van der Waals surface area contributed by atoms with E-state index in [2.05, 4.69) is 36.5 Å². The third-order valence-corrected chi connectivity index (χ3v) is 4.38. The highest BCUT2D eigenvalue weighted by molar-refractivity contribution is 5.79. The molecule has 2 saturated heterocycles. The lowest BCUT2D eigenvalue weighted by Gasteiger charge is -2.49. The topological polar surface area (TPSA) is 41.6 Å². The average molecular weight is 274 g/mol. The molecule has 1 aromatic carbocycles. The summed E-state index contributed by atoms with van der Waals surface area (Å²) in [6.45, 7) is 5.50. The summed E-state index contributed by atoms with van der Waals surface area (Å²) in [5.41, 5.74) is 2.28. The van der Waals surface area contributed by atoms with Gasteiger partial charge < -0.3 is 15.0 Å². The highest BCUT2D eigenvalue weighted by atomic mass is 16.5. The number of nitrogens with zero attached hydrogens (tertiary/aromatic N) is 1. The minimum atomic E-state index is -0.154. The van der Waals surface area contributed by atoms with Crippen molar-refractivity contribution in [1.29, 1.82) is 0 Å². The molecule has 4 heteroatoms. The molecular formula is C16H22N2O2. The second kappa shape index (κ2) is 5.54. The van der Waals surface area contributed by atoms with E-state index in [1.807, 2.05) is 4.90 Å². The lowest BCUT2D eigenvalue weighted by molar-refractivity contribution is -0.161. The van der Waals surface area contributed by atoms with Crippen molar-refractivity contribution >= 4 is 5.91 Å². The van der Waals surface area contributed by atoms with Gasteiger partial charge in [0.1, 0.15) is 6.61 Å². The van der Waals surface area contributed by atoms with Crippen molar-refractivity contribution in [2.75, 3.05) is 26.3 Å². The lowest BCUT2D eigenvalue weighted by Crippen LogP contribution is -2.65. The Labute approximate surface area is 120 Å². The van der Waals surface area contributed by atoms with Gasteiger partial charge in [-0.2, -0.15) is 0 Å². The molecule has 1 aromatic rings. The van der Waals surface area contributed by atoms with Crippen molar-refractivity contribution in [2.45, 2.75) is 31.8 Å². The van der Waals surface area contributed by atoms with Gasteiger partial charge in [-0.1, -0.05) is 29.8 Å². The van der Waals surface area contributed by atoms with E-state index in [1.54, 1.807) is 0 Å². The Kier molecular flexibility index (Phi) is 3.76. The van der Waals surface area contributed by atoms with Crippen LogP contribution in [0.4, 0.5) is 0 Å². The summed E-state index contributed by atoms with van der Waals surface area (Å²) in [7, 11) is 0. The predicted molar refractivity (Wildman–Crippen MR) is 77.4 cm³/mol. The number of nitrogens with one attached hydrogen (secondary N) is 1. The van der Waals surface area contributed by atoms with Gasteiger partial charge in [0.2, 0.25) is 5.91 Å². The Hall–Kier alpha value is -1.39. The van der Waals surface area contributed by atoms with Gasteiger partial charge in [0, 0.05) is 13.1 Å². The number of ether oxygens (including phenoxy) is 1. The summed E-state index contributed by atoms with van der Waals surface area (Å²) in [4.78, 5) is 14.3. The first-order valence-corrected chi connectivity index (χ1v) is 7.34. The molecule has 0 aliphatic carbocycles. The van der Waals surface area contributed by atoms with Crippen LogP contribution in [0.1, 0.15) is 24.0 Å². The molecule has 1 unspecified atom stereocenters. The smallest absolute Gasteiger partial charge is 0.249 e. The number of benzene rings is 1. The largest absolute Gasteiger partial charge is 0.369 e. The molecule has 2 aliphatic heterocycles. The van der Waals surface area contributed by atoms with Gasteiger partial charge >= 0.3 is 0 Å². The third-order valence-electron chi connectivity index (χ3n) is 4.38. The molecule has 20 heavy (non-hydrogen) atoms. The van der Waals surface area contributed by atoms with Gasteiger partial charge in [0.25, 0.3) is 0 Å². The molecular weight excluding hydrogens is 252 g/mol. The number of piperidine rings is 1. The second-order valence-electron chi connectivity index (χ2n) is 5.96. The van der Waals surface area contributed by atoms with Crippen LogP contribution in [0.25, 0.3) is 0 Å². The highest BCUT2D eigenvalue weighted by Gasteiger charge is 2.43. The standard InChI is InChI=1S/C16H22N2O2/c1-13-3-5-14(6-4-13)9-18-15(19)10-20-12-16(18)7-2-8-17-11-16/h3-6,17H,2,7-12H2,1H3. The number of hydrogen-bond acceptors (Lipinski definition) is 3. The Balaban J connectivity index is 1.82. The fourth-order valence-electron chi connectivity index (χ4n) is 3.19. The molecule has 3 rings (SSSR count). The Morgan fingerprint density at radius 3 is 2.85 bits per heavy atom. The number of morpholine rings is 1. The first-order chi connectivity index (χ1) is 9.70. The molecule has 0 aromatic heterocycles. The molecule has 1 amide bonds. The fourth-order valence-corrected chi connectivity index (χ4v) is 3.19. The minimum Gasteiger partial charge on any atom is -0.369 e. The molecule has 1 N–H and O–H groups in total. The van der Waals surface area contributed by atoms with Crippen molar-refractivity contribution < 1.29 is 9.53 Å². The maximum absolute atomic E-state index is 12.3. The van der Waals surface area contributed by atoms with Crippen molar-refractivity contribution in [1.82, 2.24) is 10.2 Å². The van der Waals surface area contributed by atoms with Crippen LogP contribution in [0.5, 0.6) is 0 Å². The molecule has 0 radical (unpaired) electrons. The van der Waals surface area contributed by atoms with Crippen LogP contribution in [0.3, 0.4) is 0 Å². The highest BCUT2D eigenvalue weighted by Crippen LogP contribution is 2.29. The van der Waals surface area contributed by atoms with Gasteiger partial charge in [-0.15, -0.1) is 0 Å². The van der Waals surface area contributed by atoms with Crippen LogP contribution in [0.2, 0.25) is 0 Å². The van der Waals surface area contributed by atoms with Gasteiger partial charge in [0.05, 0.1) is 12.1 Å². The molecule has 1 atom stereocenters. The molecule has 1 spiro atoms.